The molecule has 2 aromatic carbocycles. The topological polar surface area (TPSA) is 85.1 Å². The number of anilines is 5. The van der Waals surface area contributed by atoms with E-state index in [1.807, 2.05) is 56.3 Å². The lowest BCUT2D eigenvalue weighted by Crippen LogP contribution is -2.06. The second-order valence-corrected chi connectivity index (χ2v) is 5.75. The van der Waals surface area contributed by atoms with Gasteiger partial charge in [0.15, 0.2) is 11.6 Å². The van der Waals surface area contributed by atoms with Crippen LogP contribution in [0, 0.1) is 13.8 Å². The number of aromatic nitrogens is 2. The maximum atomic E-state index is 6.27. The Labute approximate surface area is 147 Å². The largest absolute Gasteiger partial charge is 0.495 e. The highest BCUT2D eigenvalue weighted by molar-refractivity contribution is 5.81. The lowest BCUT2D eigenvalue weighted by atomic mass is 10.2. The molecule has 6 heteroatoms. The Kier molecular flexibility index (Phi) is 4.70. The van der Waals surface area contributed by atoms with Crippen LogP contribution in [0.15, 0.2) is 48.8 Å². The van der Waals surface area contributed by atoms with Gasteiger partial charge in [-0.1, -0.05) is 24.3 Å². The minimum atomic E-state index is 0.439. The number of nitrogen functional groups attached to an aromatic ring is 1. The maximum Gasteiger partial charge on any atom is 0.159 e. The van der Waals surface area contributed by atoms with Gasteiger partial charge in [-0.3, -0.25) is 0 Å². The summed E-state index contributed by atoms with van der Waals surface area (Å²) in [6.45, 7) is 4.04. The Balaban J connectivity index is 1.92. The normalized spacial score (nSPS) is 10.4. The monoisotopic (exact) mass is 335 g/mol. The Morgan fingerprint density at radius 2 is 1.60 bits per heavy atom. The van der Waals surface area contributed by atoms with Gasteiger partial charge in [-0.05, 0) is 43.2 Å². The quantitative estimate of drug-likeness (QED) is 0.649. The van der Waals surface area contributed by atoms with Gasteiger partial charge in [-0.15, -0.1) is 0 Å². The van der Waals surface area contributed by atoms with E-state index in [-0.39, 0.29) is 0 Å². The van der Waals surface area contributed by atoms with Crippen LogP contribution in [-0.2, 0) is 0 Å². The molecule has 0 bridgehead atoms. The smallest absolute Gasteiger partial charge is 0.159 e. The number of ether oxygens (including phenoxy) is 1. The van der Waals surface area contributed by atoms with Crippen molar-refractivity contribution in [3.8, 4) is 5.75 Å². The summed E-state index contributed by atoms with van der Waals surface area (Å²) in [6.07, 6.45) is 1.47. The van der Waals surface area contributed by atoms with Gasteiger partial charge >= 0.3 is 0 Å². The van der Waals surface area contributed by atoms with Crippen LogP contribution in [0.5, 0.6) is 5.75 Å². The first kappa shape index (κ1) is 16.6. The van der Waals surface area contributed by atoms with Gasteiger partial charge in [-0.25, -0.2) is 9.97 Å². The first-order valence-corrected chi connectivity index (χ1v) is 7.93. The van der Waals surface area contributed by atoms with Crippen LogP contribution < -0.4 is 21.1 Å². The van der Waals surface area contributed by atoms with Gasteiger partial charge in [0.2, 0.25) is 0 Å². The SMILES string of the molecule is COc1ccc(C)cc1Nc1ncnc(Nc2ccccc2C)c1N. The molecule has 0 aliphatic heterocycles. The number of nitrogens with two attached hydrogens (primary N) is 1. The predicted molar refractivity (Wildman–Crippen MR) is 102 cm³/mol. The molecule has 128 valence electrons. The Hall–Kier alpha value is -3.28. The molecule has 3 aromatic rings. The summed E-state index contributed by atoms with van der Waals surface area (Å²) < 4.78 is 5.39. The number of benzene rings is 2. The fourth-order valence-electron chi connectivity index (χ4n) is 2.48. The van der Waals surface area contributed by atoms with Crippen LogP contribution >= 0.6 is 0 Å². The molecule has 0 fully saturated rings. The number of para-hydroxylation sites is 1. The number of rotatable bonds is 5. The molecule has 1 heterocycles. The molecule has 4 N–H and O–H groups in total. The highest BCUT2D eigenvalue weighted by Gasteiger charge is 2.12. The van der Waals surface area contributed by atoms with E-state index >= 15 is 0 Å². The first-order valence-electron chi connectivity index (χ1n) is 7.93. The Morgan fingerprint density at radius 3 is 2.28 bits per heavy atom. The molecular formula is C19H21N5O. The summed E-state index contributed by atoms with van der Waals surface area (Å²) in [7, 11) is 1.63. The number of hydrogen-bond acceptors (Lipinski definition) is 6. The summed E-state index contributed by atoms with van der Waals surface area (Å²) in [6, 6.07) is 13.8. The van der Waals surface area contributed by atoms with Crippen LogP contribution in [0.3, 0.4) is 0 Å². The Morgan fingerprint density at radius 1 is 0.920 bits per heavy atom. The first-order chi connectivity index (χ1) is 12.1. The molecule has 1 aromatic heterocycles. The minimum absolute atomic E-state index is 0.439. The summed E-state index contributed by atoms with van der Waals surface area (Å²) in [5.41, 5.74) is 10.7. The summed E-state index contributed by atoms with van der Waals surface area (Å²) in [5, 5.41) is 6.49. The van der Waals surface area contributed by atoms with Crippen molar-refractivity contribution in [2.45, 2.75) is 13.8 Å². The third-order valence-electron chi connectivity index (χ3n) is 3.89. The fraction of sp³-hybridized carbons (Fsp3) is 0.158. The molecule has 0 radical (unpaired) electrons. The van der Waals surface area contributed by atoms with E-state index in [0.29, 0.717) is 17.3 Å². The van der Waals surface area contributed by atoms with Crippen LogP contribution in [0.4, 0.5) is 28.7 Å². The fourth-order valence-corrected chi connectivity index (χ4v) is 2.48. The van der Waals surface area contributed by atoms with E-state index in [1.165, 1.54) is 6.33 Å². The van der Waals surface area contributed by atoms with E-state index in [4.69, 9.17) is 10.5 Å². The third kappa shape index (κ3) is 3.63. The number of hydrogen-bond donors (Lipinski definition) is 3. The number of methoxy groups -OCH3 is 1. The zero-order chi connectivity index (χ0) is 17.8. The molecule has 3 rings (SSSR count). The molecule has 25 heavy (non-hydrogen) atoms. The average Bonchev–Trinajstić information content (AvgIpc) is 2.60. The summed E-state index contributed by atoms with van der Waals surface area (Å²) in [5.74, 6) is 1.80. The second kappa shape index (κ2) is 7.09. The van der Waals surface area contributed by atoms with E-state index in [9.17, 15) is 0 Å². The third-order valence-corrected chi connectivity index (χ3v) is 3.89. The lowest BCUT2D eigenvalue weighted by molar-refractivity contribution is 0.416. The molecule has 0 aliphatic rings. The van der Waals surface area contributed by atoms with Crippen LogP contribution in [0.2, 0.25) is 0 Å². The average molecular weight is 335 g/mol. The van der Waals surface area contributed by atoms with Gasteiger partial charge in [0.05, 0.1) is 12.8 Å². The van der Waals surface area contributed by atoms with Gasteiger partial charge < -0.3 is 21.1 Å². The van der Waals surface area contributed by atoms with Crippen molar-refractivity contribution in [3.05, 3.63) is 59.9 Å². The van der Waals surface area contributed by atoms with Crippen molar-refractivity contribution in [2.24, 2.45) is 0 Å². The van der Waals surface area contributed by atoms with E-state index in [1.54, 1.807) is 7.11 Å². The van der Waals surface area contributed by atoms with E-state index in [2.05, 4.69) is 20.6 Å². The van der Waals surface area contributed by atoms with Crippen molar-refractivity contribution in [3.63, 3.8) is 0 Å². The summed E-state index contributed by atoms with van der Waals surface area (Å²) >= 11 is 0. The lowest BCUT2D eigenvalue weighted by Gasteiger charge is -2.15. The zero-order valence-corrected chi connectivity index (χ0v) is 14.5. The molecule has 0 unspecified atom stereocenters. The van der Waals surface area contributed by atoms with Crippen LogP contribution in [-0.4, -0.2) is 17.1 Å². The second-order valence-electron chi connectivity index (χ2n) is 5.75. The molecular weight excluding hydrogens is 314 g/mol. The Bertz CT molecular complexity index is 895. The zero-order valence-electron chi connectivity index (χ0n) is 14.5. The predicted octanol–water partition coefficient (Wildman–Crippen LogP) is 4.17. The van der Waals surface area contributed by atoms with E-state index < -0.39 is 0 Å². The molecule has 0 spiro atoms. The number of nitrogens with zero attached hydrogens (tertiary/aromatic N) is 2. The van der Waals surface area contributed by atoms with Crippen molar-refractivity contribution >= 4 is 28.7 Å². The van der Waals surface area contributed by atoms with Gasteiger partial charge in [0, 0.05) is 5.69 Å². The van der Waals surface area contributed by atoms with Crippen molar-refractivity contribution in [1.29, 1.82) is 0 Å². The van der Waals surface area contributed by atoms with Crippen molar-refractivity contribution < 1.29 is 4.74 Å². The van der Waals surface area contributed by atoms with Gasteiger partial charge in [0.1, 0.15) is 17.8 Å². The van der Waals surface area contributed by atoms with Crippen LogP contribution in [0.1, 0.15) is 11.1 Å². The van der Waals surface area contributed by atoms with Gasteiger partial charge in [0.25, 0.3) is 0 Å². The number of nitrogens with one attached hydrogen (secondary N) is 2. The maximum absolute atomic E-state index is 6.27. The molecule has 0 aliphatic carbocycles. The molecule has 6 nitrogen and oxygen atoms in total. The number of aryl methyl sites for hydroxylation is 2. The van der Waals surface area contributed by atoms with Crippen LogP contribution in [0.25, 0.3) is 0 Å². The summed E-state index contributed by atoms with van der Waals surface area (Å²) in [4.78, 5) is 8.52. The van der Waals surface area contributed by atoms with Gasteiger partial charge in [-0.2, -0.15) is 0 Å². The highest BCUT2D eigenvalue weighted by atomic mass is 16.5. The minimum Gasteiger partial charge on any atom is -0.495 e. The highest BCUT2D eigenvalue weighted by Crippen LogP contribution is 2.33. The molecule has 0 saturated heterocycles. The standard InChI is InChI=1S/C19H21N5O/c1-12-8-9-16(25-3)15(10-12)24-19-17(20)18(21-11-22-19)23-14-7-5-4-6-13(14)2/h4-11H,20H2,1-3H3,(H2,21,22,23,24). The molecule has 0 atom stereocenters. The molecule has 0 amide bonds. The van der Waals surface area contributed by atoms with E-state index in [0.717, 1.165) is 28.3 Å². The van der Waals surface area contributed by atoms with Crippen molar-refractivity contribution in [2.75, 3.05) is 23.5 Å². The molecule has 0 saturated carbocycles. The van der Waals surface area contributed by atoms with Crippen molar-refractivity contribution in [1.82, 2.24) is 9.97 Å².